The molecule has 1 aromatic carbocycles. The van der Waals surface area contributed by atoms with Gasteiger partial charge in [-0.25, -0.2) is 0 Å². The summed E-state index contributed by atoms with van der Waals surface area (Å²) < 4.78 is 0. The van der Waals surface area contributed by atoms with Gasteiger partial charge in [-0.1, -0.05) is 6.07 Å². The second-order valence-corrected chi connectivity index (χ2v) is 5.12. The first-order valence-electron chi connectivity index (χ1n) is 6.42. The average molecular weight is 228 g/mol. The molecule has 17 heavy (non-hydrogen) atoms. The lowest BCUT2D eigenvalue weighted by Crippen LogP contribution is -2.25. The van der Waals surface area contributed by atoms with Crippen LogP contribution in [0.25, 0.3) is 0 Å². The highest BCUT2D eigenvalue weighted by Crippen LogP contribution is 2.26. The van der Waals surface area contributed by atoms with E-state index in [1.165, 1.54) is 16.8 Å². The van der Waals surface area contributed by atoms with Crippen LogP contribution in [0.3, 0.4) is 0 Å². The van der Waals surface area contributed by atoms with Gasteiger partial charge in [-0.2, -0.15) is 5.26 Å². The Morgan fingerprint density at radius 1 is 1.12 bits per heavy atom. The maximum Gasteiger partial charge on any atom is 0.0655 e. The van der Waals surface area contributed by atoms with Crippen LogP contribution >= 0.6 is 0 Å². The largest absolute Gasteiger partial charge is 0.382 e. The van der Waals surface area contributed by atoms with Gasteiger partial charge in [-0.3, -0.25) is 0 Å². The van der Waals surface area contributed by atoms with Crippen LogP contribution in [-0.2, 0) is 0 Å². The molecule has 0 aromatic heterocycles. The molecular weight excluding hydrogens is 208 g/mol. The van der Waals surface area contributed by atoms with Crippen molar-refractivity contribution in [1.29, 1.82) is 5.26 Å². The Morgan fingerprint density at radius 2 is 1.82 bits per heavy atom. The van der Waals surface area contributed by atoms with Crippen molar-refractivity contribution in [3.63, 3.8) is 0 Å². The van der Waals surface area contributed by atoms with Crippen molar-refractivity contribution in [1.82, 2.24) is 0 Å². The molecule has 0 bridgehead atoms. The maximum atomic E-state index is 8.86. The molecule has 1 aliphatic carbocycles. The second kappa shape index (κ2) is 5.23. The topological polar surface area (TPSA) is 35.8 Å². The highest BCUT2D eigenvalue weighted by Gasteiger charge is 2.20. The zero-order valence-electron chi connectivity index (χ0n) is 10.7. The quantitative estimate of drug-likeness (QED) is 0.835. The molecule has 0 unspecified atom stereocenters. The Labute approximate surface area is 104 Å². The van der Waals surface area contributed by atoms with Crippen molar-refractivity contribution in [3.05, 3.63) is 29.3 Å². The van der Waals surface area contributed by atoms with E-state index >= 15 is 0 Å². The molecule has 0 spiro atoms. The van der Waals surface area contributed by atoms with Gasteiger partial charge in [-0.15, -0.1) is 0 Å². The van der Waals surface area contributed by atoms with Gasteiger partial charge in [0, 0.05) is 17.6 Å². The third-order valence-corrected chi connectivity index (χ3v) is 3.79. The fraction of sp³-hybridized carbons (Fsp3) is 0.533. The number of hydrogen-bond donors (Lipinski definition) is 1. The maximum absolute atomic E-state index is 8.86. The van der Waals surface area contributed by atoms with E-state index in [2.05, 4.69) is 43.4 Å². The predicted octanol–water partition coefficient (Wildman–Crippen LogP) is 3.80. The van der Waals surface area contributed by atoms with Gasteiger partial charge in [0.25, 0.3) is 0 Å². The summed E-state index contributed by atoms with van der Waals surface area (Å²) in [6.07, 6.45) is 4.31. The van der Waals surface area contributed by atoms with Gasteiger partial charge in [0.15, 0.2) is 0 Å². The number of nitrogens with one attached hydrogen (secondary N) is 1. The van der Waals surface area contributed by atoms with E-state index in [1.807, 2.05) is 0 Å². The number of hydrogen-bond acceptors (Lipinski definition) is 2. The second-order valence-electron chi connectivity index (χ2n) is 5.12. The summed E-state index contributed by atoms with van der Waals surface area (Å²) in [7, 11) is 0. The minimum Gasteiger partial charge on any atom is -0.382 e. The van der Waals surface area contributed by atoms with E-state index < -0.39 is 0 Å². The molecule has 0 radical (unpaired) electrons. The van der Waals surface area contributed by atoms with Crippen molar-refractivity contribution in [2.75, 3.05) is 5.32 Å². The molecule has 0 atom stereocenters. The Morgan fingerprint density at radius 3 is 2.41 bits per heavy atom. The van der Waals surface area contributed by atoms with Crippen molar-refractivity contribution in [3.8, 4) is 6.07 Å². The molecule has 2 nitrogen and oxygen atoms in total. The van der Waals surface area contributed by atoms with Crippen LogP contribution < -0.4 is 5.32 Å². The van der Waals surface area contributed by atoms with Crippen LogP contribution in [0.15, 0.2) is 18.2 Å². The van der Waals surface area contributed by atoms with Gasteiger partial charge >= 0.3 is 0 Å². The van der Waals surface area contributed by atoms with Crippen LogP contribution in [0.5, 0.6) is 0 Å². The predicted molar refractivity (Wildman–Crippen MR) is 70.9 cm³/mol. The normalized spacial score (nSPS) is 24.1. The summed E-state index contributed by atoms with van der Waals surface area (Å²) in [5, 5.41) is 12.4. The molecule has 2 heteroatoms. The van der Waals surface area contributed by atoms with E-state index in [4.69, 9.17) is 5.26 Å². The van der Waals surface area contributed by atoms with Crippen molar-refractivity contribution < 1.29 is 0 Å². The molecule has 1 aromatic rings. The molecule has 0 heterocycles. The van der Waals surface area contributed by atoms with E-state index in [9.17, 15) is 0 Å². The van der Waals surface area contributed by atoms with Gasteiger partial charge in [0.05, 0.1) is 6.07 Å². The summed E-state index contributed by atoms with van der Waals surface area (Å²) in [6.45, 7) is 4.28. The van der Waals surface area contributed by atoms with Crippen LogP contribution in [-0.4, -0.2) is 6.04 Å². The van der Waals surface area contributed by atoms with Gasteiger partial charge in [0.1, 0.15) is 0 Å². The molecular formula is C15H20N2. The van der Waals surface area contributed by atoms with Gasteiger partial charge < -0.3 is 5.32 Å². The van der Waals surface area contributed by atoms with Crippen LogP contribution in [0.1, 0.15) is 36.8 Å². The molecule has 0 saturated heterocycles. The number of benzene rings is 1. The fourth-order valence-electron chi connectivity index (χ4n) is 2.43. The molecule has 0 amide bonds. The number of aryl methyl sites for hydroxylation is 2. The summed E-state index contributed by atoms with van der Waals surface area (Å²) in [6, 6.07) is 9.45. The number of anilines is 1. The van der Waals surface area contributed by atoms with Gasteiger partial charge in [0.2, 0.25) is 0 Å². The SMILES string of the molecule is Cc1ccc(NC2CCC(C#N)CC2)cc1C. The van der Waals surface area contributed by atoms with E-state index in [-0.39, 0.29) is 5.92 Å². The first kappa shape index (κ1) is 12.0. The molecule has 2 rings (SSSR count). The summed E-state index contributed by atoms with van der Waals surface area (Å²) in [4.78, 5) is 0. The molecule has 1 aliphatic rings. The summed E-state index contributed by atoms with van der Waals surface area (Å²) in [5.41, 5.74) is 3.89. The number of nitrogens with zero attached hydrogens (tertiary/aromatic N) is 1. The lowest BCUT2D eigenvalue weighted by molar-refractivity contribution is 0.397. The number of rotatable bonds is 2. The molecule has 0 aliphatic heterocycles. The monoisotopic (exact) mass is 228 g/mol. The smallest absolute Gasteiger partial charge is 0.0655 e. The third kappa shape index (κ3) is 3.00. The van der Waals surface area contributed by atoms with E-state index in [0.717, 1.165) is 25.7 Å². The molecule has 90 valence electrons. The Balaban J connectivity index is 1.93. The highest BCUT2D eigenvalue weighted by atomic mass is 14.9. The first-order valence-corrected chi connectivity index (χ1v) is 6.42. The minimum absolute atomic E-state index is 0.285. The van der Waals surface area contributed by atoms with Crippen molar-refractivity contribution in [2.45, 2.75) is 45.6 Å². The summed E-state index contributed by atoms with van der Waals surface area (Å²) >= 11 is 0. The third-order valence-electron chi connectivity index (χ3n) is 3.79. The lowest BCUT2D eigenvalue weighted by atomic mass is 9.87. The van der Waals surface area contributed by atoms with Crippen molar-refractivity contribution in [2.24, 2.45) is 5.92 Å². The number of nitriles is 1. The van der Waals surface area contributed by atoms with E-state index in [0.29, 0.717) is 6.04 Å². The standard InChI is InChI=1S/C15H20N2/c1-11-3-6-15(9-12(11)2)17-14-7-4-13(10-16)5-8-14/h3,6,9,13-14,17H,4-5,7-8H2,1-2H3. The van der Waals surface area contributed by atoms with Gasteiger partial charge in [-0.05, 0) is 62.8 Å². The molecule has 1 fully saturated rings. The highest BCUT2D eigenvalue weighted by molar-refractivity contribution is 5.48. The lowest BCUT2D eigenvalue weighted by Gasteiger charge is -2.26. The Bertz CT molecular complexity index is 423. The first-order chi connectivity index (χ1) is 8.19. The zero-order valence-corrected chi connectivity index (χ0v) is 10.7. The molecule has 1 saturated carbocycles. The summed E-state index contributed by atoms with van der Waals surface area (Å²) in [5.74, 6) is 0.285. The van der Waals surface area contributed by atoms with Crippen LogP contribution in [0, 0.1) is 31.1 Å². The minimum atomic E-state index is 0.285. The Hall–Kier alpha value is -1.49. The van der Waals surface area contributed by atoms with E-state index in [1.54, 1.807) is 0 Å². The average Bonchev–Trinajstić information content (AvgIpc) is 2.35. The van der Waals surface area contributed by atoms with Crippen LogP contribution in [0.2, 0.25) is 0 Å². The fourth-order valence-corrected chi connectivity index (χ4v) is 2.43. The zero-order chi connectivity index (χ0) is 12.3. The molecule has 1 N–H and O–H groups in total. The Kier molecular flexibility index (Phi) is 3.68. The van der Waals surface area contributed by atoms with Crippen LogP contribution in [0.4, 0.5) is 5.69 Å². The van der Waals surface area contributed by atoms with Crippen molar-refractivity contribution >= 4 is 5.69 Å².